The number of rotatable bonds is 5. The molecule has 0 saturated carbocycles. The molecule has 0 fully saturated rings. The number of benzene rings is 2. The van der Waals surface area contributed by atoms with E-state index >= 15 is 0 Å². The van der Waals surface area contributed by atoms with Crippen molar-refractivity contribution in [1.82, 2.24) is 9.78 Å². The molecule has 3 aromatic rings. The summed E-state index contributed by atoms with van der Waals surface area (Å²) in [5.41, 5.74) is 1.98. The summed E-state index contributed by atoms with van der Waals surface area (Å²) >= 11 is 6.13. The van der Waals surface area contributed by atoms with E-state index in [0.717, 1.165) is 11.3 Å². The van der Waals surface area contributed by atoms with Crippen molar-refractivity contribution in [3.8, 4) is 22.8 Å². The van der Waals surface area contributed by atoms with Crippen LogP contribution in [-0.4, -0.2) is 35.8 Å². The SMILES string of the molecule is COc1ccc(-c2cc3n(n2)[C@@H](C(=O)Nc2ccc(OC)c(Cl)c2)CC(=O)N3)cc1. The van der Waals surface area contributed by atoms with E-state index < -0.39 is 6.04 Å². The van der Waals surface area contributed by atoms with Gasteiger partial charge in [0, 0.05) is 17.3 Å². The molecule has 0 radical (unpaired) electrons. The Bertz CT molecular complexity index is 1110. The van der Waals surface area contributed by atoms with Gasteiger partial charge < -0.3 is 20.1 Å². The van der Waals surface area contributed by atoms with Crippen molar-refractivity contribution in [3.63, 3.8) is 0 Å². The maximum absolute atomic E-state index is 12.9. The van der Waals surface area contributed by atoms with Crippen molar-refractivity contribution in [2.75, 3.05) is 24.9 Å². The van der Waals surface area contributed by atoms with Gasteiger partial charge in [-0.3, -0.25) is 9.59 Å². The van der Waals surface area contributed by atoms with Crippen LogP contribution in [0.15, 0.2) is 48.5 Å². The smallest absolute Gasteiger partial charge is 0.249 e. The number of halogens is 1. The number of ether oxygens (including phenoxy) is 2. The molecule has 30 heavy (non-hydrogen) atoms. The molecule has 154 valence electrons. The Hall–Kier alpha value is -3.52. The topological polar surface area (TPSA) is 94.5 Å². The minimum Gasteiger partial charge on any atom is -0.497 e. The Morgan fingerprint density at radius 3 is 2.60 bits per heavy atom. The second-order valence-electron chi connectivity index (χ2n) is 6.69. The second-order valence-corrected chi connectivity index (χ2v) is 7.10. The third-order valence-electron chi connectivity index (χ3n) is 4.78. The van der Waals surface area contributed by atoms with Gasteiger partial charge in [0.2, 0.25) is 11.8 Å². The van der Waals surface area contributed by atoms with Gasteiger partial charge in [-0.25, -0.2) is 4.68 Å². The van der Waals surface area contributed by atoms with E-state index in [0.29, 0.717) is 28.0 Å². The van der Waals surface area contributed by atoms with Gasteiger partial charge in [0.25, 0.3) is 0 Å². The van der Waals surface area contributed by atoms with Crippen LogP contribution >= 0.6 is 11.6 Å². The van der Waals surface area contributed by atoms with Gasteiger partial charge in [0.15, 0.2) is 0 Å². The third-order valence-corrected chi connectivity index (χ3v) is 5.08. The van der Waals surface area contributed by atoms with E-state index in [4.69, 9.17) is 21.1 Å². The summed E-state index contributed by atoms with van der Waals surface area (Å²) in [5.74, 6) is 1.08. The fourth-order valence-electron chi connectivity index (χ4n) is 3.26. The predicted octanol–water partition coefficient (Wildman–Crippen LogP) is 3.74. The first-order valence-electron chi connectivity index (χ1n) is 9.16. The van der Waals surface area contributed by atoms with Gasteiger partial charge in [-0.15, -0.1) is 0 Å². The van der Waals surface area contributed by atoms with E-state index in [2.05, 4.69) is 15.7 Å². The summed E-state index contributed by atoms with van der Waals surface area (Å²) in [5, 5.41) is 10.5. The normalized spacial score (nSPS) is 15.2. The highest BCUT2D eigenvalue weighted by Gasteiger charge is 2.32. The number of methoxy groups -OCH3 is 2. The number of hydrogen-bond acceptors (Lipinski definition) is 5. The molecule has 0 saturated heterocycles. The standard InChI is InChI=1S/C21H19ClN4O4/c1-29-14-6-3-12(4-7-14)16-10-19-24-20(27)11-17(26(19)25-16)21(28)23-13-5-8-18(30-2)15(22)9-13/h3-10,17H,11H2,1-2H3,(H,23,28)(H,24,27)/t17-/m1/s1. The lowest BCUT2D eigenvalue weighted by molar-refractivity contribution is -0.125. The molecule has 4 rings (SSSR count). The van der Waals surface area contributed by atoms with Crippen molar-refractivity contribution in [3.05, 3.63) is 53.6 Å². The molecule has 0 unspecified atom stereocenters. The van der Waals surface area contributed by atoms with Crippen LogP contribution in [0.4, 0.5) is 11.5 Å². The fourth-order valence-corrected chi connectivity index (χ4v) is 3.52. The maximum atomic E-state index is 12.9. The number of anilines is 2. The van der Waals surface area contributed by atoms with Crippen LogP contribution in [0.3, 0.4) is 0 Å². The number of nitrogens with one attached hydrogen (secondary N) is 2. The lowest BCUT2D eigenvalue weighted by Gasteiger charge is -2.23. The van der Waals surface area contributed by atoms with E-state index in [1.807, 2.05) is 24.3 Å². The summed E-state index contributed by atoms with van der Waals surface area (Å²) < 4.78 is 11.8. The summed E-state index contributed by atoms with van der Waals surface area (Å²) in [6.45, 7) is 0. The zero-order chi connectivity index (χ0) is 21.3. The quantitative estimate of drug-likeness (QED) is 0.648. The zero-order valence-corrected chi connectivity index (χ0v) is 17.1. The highest BCUT2D eigenvalue weighted by Crippen LogP contribution is 2.32. The Labute approximate surface area is 177 Å². The lowest BCUT2D eigenvalue weighted by atomic mass is 10.1. The maximum Gasteiger partial charge on any atom is 0.249 e. The fraction of sp³-hybridized carbons (Fsp3) is 0.190. The molecule has 2 N–H and O–H groups in total. The highest BCUT2D eigenvalue weighted by molar-refractivity contribution is 6.32. The predicted molar refractivity (Wildman–Crippen MR) is 113 cm³/mol. The molecule has 2 heterocycles. The number of nitrogens with zero attached hydrogens (tertiary/aromatic N) is 2. The molecule has 0 bridgehead atoms. The molecule has 0 spiro atoms. The van der Waals surface area contributed by atoms with Crippen LogP contribution in [0.5, 0.6) is 11.5 Å². The van der Waals surface area contributed by atoms with Crippen LogP contribution in [0.1, 0.15) is 12.5 Å². The number of amides is 2. The van der Waals surface area contributed by atoms with Gasteiger partial charge in [0.05, 0.1) is 31.4 Å². The van der Waals surface area contributed by atoms with Crippen LogP contribution in [-0.2, 0) is 9.59 Å². The lowest BCUT2D eigenvalue weighted by Crippen LogP contribution is -2.35. The Morgan fingerprint density at radius 1 is 1.17 bits per heavy atom. The Kier molecular flexibility index (Phi) is 5.33. The molecule has 1 aliphatic heterocycles. The van der Waals surface area contributed by atoms with Crippen molar-refractivity contribution in [2.45, 2.75) is 12.5 Å². The van der Waals surface area contributed by atoms with Crippen molar-refractivity contribution in [2.24, 2.45) is 0 Å². The van der Waals surface area contributed by atoms with Crippen molar-refractivity contribution in [1.29, 1.82) is 0 Å². The van der Waals surface area contributed by atoms with E-state index in [-0.39, 0.29) is 18.2 Å². The largest absolute Gasteiger partial charge is 0.497 e. The summed E-state index contributed by atoms with van der Waals surface area (Å²) in [7, 11) is 3.11. The molecule has 1 aliphatic rings. The van der Waals surface area contributed by atoms with Crippen molar-refractivity contribution < 1.29 is 19.1 Å². The molecule has 9 heteroatoms. The third kappa shape index (κ3) is 3.81. The number of hydrogen-bond donors (Lipinski definition) is 2. The molecule has 0 aliphatic carbocycles. The average molecular weight is 427 g/mol. The van der Waals surface area contributed by atoms with Crippen LogP contribution in [0.2, 0.25) is 5.02 Å². The second kappa shape index (κ2) is 8.08. The molecule has 2 amide bonds. The van der Waals surface area contributed by atoms with Gasteiger partial charge in [0.1, 0.15) is 23.4 Å². The van der Waals surface area contributed by atoms with Gasteiger partial charge in [-0.2, -0.15) is 5.10 Å². The first-order chi connectivity index (χ1) is 14.5. The van der Waals surface area contributed by atoms with E-state index in [9.17, 15) is 9.59 Å². The number of aromatic nitrogens is 2. The number of fused-ring (bicyclic) bond motifs is 1. The molecule has 1 atom stereocenters. The number of carbonyl (C=O) groups is 2. The summed E-state index contributed by atoms with van der Waals surface area (Å²) in [6, 6.07) is 13.3. The minimum atomic E-state index is -0.790. The van der Waals surface area contributed by atoms with Crippen LogP contribution < -0.4 is 20.1 Å². The Balaban J connectivity index is 1.60. The van der Waals surface area contributed by atoms with E-state index in [1.54, 1.807) is 31.4 Å². The summed E-state index contributed by atoms with van der Waals surface area (Å²) in [6.07, 6.45) is -0.0214. The van der Waals surface area contributed by atoms with Gasteiger partial charge in [-0.1, -0.05) is 11.6 Å². The van der Waals surface area contributed by atoms with Gasteiger partial charge in [-0.05, 0) is 42.5 Å². The monoisotopic (exact) mass is 426 g/mol. The highest BCUT2D eigenvalue weighted by atomic mass is 35.5. The Morgan fingerprint density at radius 2 is 1.93 bits per heavy atom. The molecular weight excluding hydrogens is 408 g/mol. The average Bonchev–Trinajstić information content (AvgIpc) is 3.17. The summed E-state index contributed by atoms with van der Waals surface area (Å²) in [4.78, 5) is 25.1. The minimum absolute atomic E-state index is 0.0214. The number of carbonyl (C=O) groups excluding carboxylic acids is 2. The van der Waals surface area contributed by atoms with Crippen LogP contribution in [0.25, 0.3) is 11.3 Å². The zero-order valence-electron chi connectivity index (χ0n) is 16.3. The molecular formula is C21H19ClN4O4. The molecule has 1 aromatic heterocycles. The molecule has 2 aromatic carbocycles. The van der Waals surface area contributed by atoms with Crippen molar-refractivity contribution >= 4 is 34.9 Å². The van der Waals surface area contributed by atoms with E-state index in [1.165, 1.54) is 11.8 Å². The first kappa shape index (κ1) is 19.8. The van der Waals surface area contributed by atoms with Crippen LogP contribution in [0, 0.1) is 0 Å². The van der Waals surface area contributed by atoms with Gasteiger partial charge >= 0.3 is 0 Å². The first-order valence-corrected chi connectivity index (χ1v) is 9.54. The molecule has 8 nitrogen and oxygen atoms in total.